The molecule has 4 heteroatoms. The second kappa shape index (κ2) is 8.22. The van der Waals surface area contributed by atoms with Gasteiger partial charge < -0.3 is 14.6 Å². The number of carboxylic acid groups (broad SMARTS) is 1. The molecule has 0 aliphatic rings. The van der Waals surface area contributed by atoms with E-state index in [9.17, 15) is 4.79 Å². The highest BCUT2D eigenvalue weighted by Gasteiger charge is 2.04. The highest BCUT2D eigenvalue weighted by atomic mass is 16.5. The maximum atomic E-state index is 10.6. The molecule has 0 saturated heterocycles. The first-order valence-corrected chi connectivity index (χ1v) is 7.69. The molecular formula is C19H22O4. The van der Waals surface area contributed by atoms with Gasteiger partial charge in [-0.2, -0.15) is 0 Å². The molecule has 0 aromatic heterocycles. The summed E-state index contributed by atoms with van der Waals surface area (Å²) in [4.78, 5) is 10.6. The summed E-state index contributed by atoms with van der Waals surface area (Å²) < 4.78 is 11.5. The first-order chi connectivity index (χ1) is 11.1. The summed E-state index contributed by atoms with van der Waals surface area (Å²) in [7, 11) is 0. The van der Waals surface area contributed by atoms with Gasteiger partial charge in [0, 0.05) is 6.42 Å². The zero-order chi connectivity index (χ0) is 16.7. The predicted molar refractivity (Wildman–Crippen MR) is 89.3 cm³/mol. The first-order valence-electron chi connectivity index (χ1n) is 7.69. The van der Waals surface area contributed by atoms with Crippen LogP contribution in [0.15, 0.2) is 42.5 Å². The molecule has 0 spiro atoms. The summed E-state index contributed by atoms with van der Waals surface area (Å²) in [6.45, 7) is 4.95. The molecule has 0 radical (unpaired) electrons. The number of hydrogen-bond donors (Lipinski definition) is 1. The van der Waals surface area contributed by atoms with Gasteiger partial charge in [0.15, 0.2) is 0 Å². The van der Waals surface area contributed by atoms with Gasteiger partial charge in [-0.3, -0.25) is 4.79 Å². The number of aryl methyl sites for hydroxylation is 3. The molecule has 2 rings (SSSR count). The van der Waals surface area contributed by atoms with Gasteiger partial charge in [-0.15, -0.1) is 0 Å². The third kappa shape index (κ3) is 5.33. The van der Waals surface area contributed by atoms with Crippen LogP contribution in [0.1, 0.15) is 23.1 Å². The maximum absolute atomic E-state index is 10.6. The van der Waals surface area contributed by atoms with Crippen molar-refractivity contribution in [3.8, 4) is 11.5 Å². The average molecular weight is 314 g/mol. The Balaban J connectivity index is 1.82. The van der Waals surface area contributed by atoms with Gasteiger partial charge in [0.25, 0.3) is 0 Å². The number of aliphatic carboxylic acids is 1. The minimum atomic E-state index is -0.793. The summed E-state index contributed by atoms with van der Waals surface area (Å²) in [5.74, 6) is 0.850. The maximum Gasteiger partial charge on any atom is 0.303 e. The van der Waals surface area contributed by atoms with Crippen molar-refractivity contribution in [3.05, 3.63) is 59.2 Å². The number of carboxylic acids is 1. The van der Waals surface area contributed by atoms with E-state index in [1.54, 1.807) is 0 Å². The Morgan fingerprint density at radius 1 is 1.00 bits per heavy atom. The van der Waals surface area contributed by atoms with Crippen LogP contribution in [0.4, 0.5) is 0 Å². The smallest absolute Gasteiger partial charge is 0.303 e. The van der Waals surface area contributed by atoms with Crippen molar-refractivity contribution in [2.24, 2.45) is 0 Å². The zero-order valence-electron chi connectivity index (χ0n) is 13.5. The van der Waals surface area contributed by atoms with Crippen LogP contribution in [0.2, 0.25) is 0 Å². The van der Waals surface area contributed by atoms with Gasteiger partial charge >= 0.3 is 5.97 Å². The molecule has 0 saturated carbocycles. The third-order valence-electron chi connectivity index (χ3n) is 3.53. The van der Waals surface area contributed by atoms with Crippen LogP contribution in [0.25, 0.3) is 0 Å². The molecule has 2 aromatic rings. The number of hydrogen-bond acceptors (Lipinski definition) is 3. The molecule has 0 amide bonds. The van der Waals surface area contributed by atoms with Crippen LogP contribution in [-0.4, -0.2) is 24.3 Å². The lowest BCUT2D eigenvalue weighted by Crippen LogP contribution is -2.10. The number of carbonyl (C=O) groups is 1. The van der Waals surface area contributed by atoms with Crippen molar-refractivity contribution < 1.29 is 19.4 Å². The Bertz CT molecular complexity index is 644. The molecule has 0 fully saturated rings. The molecule has 122 valence electrons. The van der Waals surface area contributed by atoms with Gasteiger partial charge in [-0.25, -0.2) is 0 Å². The summed E-state index contributed by atoms with van der Waals surface area (Å²) in [6, 6.07) is 13.6. The molecule has 0 aliphatic heterocycles. The highest BCUT2D eigenvalue weighted by molar-refractivity contribution is 5.67. The average Bonchev–Trinajstić information content (AvgIpc) is 2.52. The van der Waals surface area contributed by atoms with Crippen LogP contribution >= 0.6 is 0 Å². The van der Waals surface area contributed by atoms with E-state index < -0.39 is 5.97 Å². The first kappa shape index (κ1) is 16.9. The molecule has 2 aromatic carbocycles. The van der Waals surface area contributed by atoms with Crippen molar-refractivity contribution in [1.82, 2.24) is 0 Å². The summed E-state index contributed by atoms with van der Waals surface area (Å²) >= 11 is 0. The topological polar surface area (TPSA) is 55.8 Å². The van der Waals surface area contributed by atoms with Gasteiger partial charge in [0.2, 0.25) is 0 Å². The number of rotatable bonds is 8. The molecule has 0 atom stereocenters. The largest absolute Gasteiger partial charge is 0.490 e. The Hall–Kier alpha value is -2.49. The summed E-state index contributed by atoms with van der Waals surface area (Å²) in [5.41, 5.74) is 3.18. The predicted octanol–water partition coefficient (Wildman–Crippen LogP) is 3.78. The lowest BCUT2D eigenvalue weighted by molar-refractivity contribution is -0.136. The van der Waals surface area contributed by atoms with Crippen molar-refractivity contribution in [3.63, 3.8) is 0 Å². The summed E-state index contributed by atoms with van der Waals surface area (Å²) in [5, 5.41) is 8.72. The SMILES string of the molecule is Cc1cccc(C)c1OCCOc1cccc(CCC(=O)O)c1. The Morgan fingerprint density at radius 2 is 1.65 bits per heavy atom. The molecule has 0 aliphatic carbocycles. The van der Waals surface area contributed by atoms with E-state index in [0.29, 0.717) is 19.6 Å². The standard InChI is InChI=1S/C19H22O4/c1-14-5-3-6-15(2)19(14)23-12-11-22-17-8-4-7-16(13-17)9-10-18(20)21/h3-8,13H,9-12H2,1-2H3,(H,20,21). The lowest BCUT2D eigenvalue weighted by Gasteiger charge is -2.13. The van der Waals surface area contributed by atoms with E-state index in [2.05, 4.69) is 0 Å². The number of ether oxygens (including phenoxy) is 2. The van der Waals surface area contributed by atoms with E-state index in [0.717, 1.165) is 28.2 Å². The Morgan fingerprint density at radius 3 is 2.35 bits per heavy atom. The van der Waals surface area contributed by atoms with Gasteiger partial charge in [-0.1, -0.05) is 30.3 Å². The van der Waals surface area contributed by atoms with Crippen molar-refractivity contribution in [2.45, 2.75) is 26.7 Å². The number of para-hydroxylation sites is 1. The van der Waals surface area contributed by atoms with Crippen molar-refractivity contribution >= 4 is 5.97 Å². The van der Waals surface area contributed by atoms with Crippen LogP contribution in [0.5, 0.6) is 11.5 Å². The van der Waals surface area contributed by atoms with Crippen LogP contribution in [0, 0.1) is 13.8 Å². The lowest BCUT2D eigenvalue weighted by atomic mass is 10.1. The van der Waals surface area contributed by atoms with E-state index in [-0.39, 0.29) is 6.42 Å². The number of benzene rings is 2. The minimum absolute atomic E-state index is 0.124. The van der Waals surface area contributed by atoms with Crippen LogP contribution < -0.4 is 9.47 Å². The quantitative estimate of drug-likeness (QED) is 0.753. The fourth-order valence-corrected chi connectivity index (χ4v) is 2.37. The van der Waals surface area contributed by atoms with Gasteiger partial charge in [0.05, 0.1) is 0 Å². The molecule has 4 nitrogen and oxygen atoms in total. The third-order valence-corrected chi connectivity index (χ3v) is 3.53. The molecule has 0 bridgehead atoms. The Kier molecular flexibility index (Phi) is 6.03. The van der Waals surface area contributed by atoms with Crippen LogP contribution in [0.3, 0.4) is 0 Å². The second-order valence-electron chi connectivity index (χ2n) is 5.46. The second-order valence-corrected chi connectivity index (χ2v) is 5.46. The van der Waals surface area contributed by atoms with Crippen molar-refractivity contribution in [1.29, 1.82) is 0 Å². The van der Waals surface area contributed by atoms with Gasteiger partial charge in [-0.05, 0) is 49.1 Å². The highest BCUT2D eigenvalue weighted by Crippen LogP contribution is 2.22. The molecular weight excluding hydrogens is 292 g/mol. The molecule has 23 heavy (non-hydrogen) atoms. The monoisotopic (exact) mass is 314 g/mol. The molecule has 0 heterocycles. The van der Waals surface area contributed by atoms with E-state index in [1.807, 2.05) is 56.3 Å². The fourth-order valence-electron chi connectivity index (χ4n) is 2.37. The molecule has 0 unspecified atom stereocenters. The Labute approximate surface area is 136 Å². The summed E-state index contributed by atoms with van der Waals surface area (Å²) in [6.07, 6.45) is 0.630. The molecule has 1 N–H and O–H groups in total. The van der Waals surface area contributed by atoms with E-state index in [1.165, 1.54) is 0 Å². The normalized spacial score (nSPS) is 10.3. The van der Waals surface area contributed by atoms with E-state index in [4.69, 9.17) is 14.6 Å². The minimum Gasteiger partial charge on any atom is -0.490 e. The fraction of sp³-hybridized carbons (Fsp3) is 0.316. The van der Waals surface area contributed by atoms with Gasteiger partial charge in [0.1, 0.15) is 24.7 Å². The zero-order valence-corrected chi connectivity index (χ0v) is 13.5. The van der Waals surface area contributed by atoms with E-state index >= 15 is 0 Å². The van der Waals surface area contributed by atoms with Crippen LogP contribution in [-0.2, 0) is 11.2 Å². The van der Waals surface area contributed by atoms with Crippen molar-refractivity contribution in [2.75, 3.05) is 13.2 Å².